The average molecular weight is 326 g/mol. The zero-order valence-electron chi connectivity index (χ0n) is 12.0. The van der Waals surface area contributed by atoms with Gasteiger partial charge in [0.1, 0.15) is 0 Å². The van der Waals surface area contributed by atoms with Gasteiger partial charge in [0, 0.05) is 18.8 Å². The van der Waals surface area contributed by atoms with Crippen molar-refractivity contribution in [2.24, 2.45) is 0 Å². The standard InChI is InChI=1S/C17H15ClF3N/c1-11-7-13(9-14(8-11)22-5-2-6-22)12-3-4-16(18)15(10-12)17(19,20)21/h3-4,7-10H,2,5-6H2,1H3. The number of rotatable bonds is 2. The molecule has 1 heterocycles. The highest BCUT2D eigenvalue weighted by molar-refractivity contribution is 6.31. The van der Waals surface area contributed by atoms with E-state index in [2.05, 4.69) is 11.0 Å². The van der Waals surface area contributed by atoms with Crippen LogP contribution in [0.5, 0.6) is 0 Å². The van der Waals surface area contributed by atoms with Crippen LogP contribution in [0.2, 0.25) is 5.02 Å². The van der Waals surface area contributed by atoms with Gasteiger partial charge in [-0.15, -0.1) is 0 Å². The van der Waals surface area contributed by atoms with Gasteiger partial charge in [-0.3, -0.25) is 0 Å². The Labute approximate surface area is 132 Å². The number of hydrogen-bond acceptors (Lipinski definition) is 1. The highest BCUT2D eigenvalue weighted by Crippen LogP contribution is 2.38. The quantitative estimate of drug-likeness (QED) is 0.700. The zero-order chi connectivity index (χ0) is 15.9. The molecule has 1 aliphatic heterocycles. The molecule has 2 aromatic carbocycles. The molecule has 0 bridgehead atoms. The van der Waals surface area contributed by atoms with E-state index in [0.29, 0.717) is 5.56 Å². The van der Waals surface area contributed by atoms with E-state index in [1.807, 2.05) is 19.1 Å². The fourth-order valence-electron chi connectivity index (χ4n) is 2.61. The summed E-state index contributed by atoms with van der Waals surface area (Å²) in [6.45, 7) is 3.95. The van der Waals surface area contributed by atoms with Gasteiger partial charge >= 0.3 is 6.18 Å². The van der Waals surface area contributed by atoms with Gasteiger partial charge in [0.05, 0.1) is 10.6 Å². The van der Waals surface area contributed by atoms with E-state index in [1.165, 1.54) is 6.07 Å². The summed E-state index contributed by atoms with van der Waals surface area (Å²) in [5.41, 5.74) is 2.61. The number of halogens is 4. The second-order valence-electron chi connectivity index (χ2n) is 5.59. The van der Waals surface area contributed by atoms with Gasteiger partial charge in [-0.05, 0) is 54.3 Å². The van der Waals surface area contributed by atoms with Crippen molar-refractivity contribution in [2.75, 3.05) is 18.0 Å². The van der Waals surface area contributed by atoms with Crippen molar-refractivity contribution < 1.29 is 13.2 Å². The topological polar surface area (TPSA) is 3.24 Å². The molecule has 1 nitrogen and oxygen atoms in total. The molecule has 0 unspecified atom stereocenters. The van der Waals surface area contributed by atoms with Gasteiger partial charge in [-0.2, -0.15) is 13.2 Å². The predicted octanol–water partition coefficient (Wildman–Crippen LogP) is 5.54. The second-order valence-corrected chi connectivity index (χ2v) is 6.00. The van der Waals surface area contributed by atoms with Crippen LogP contribution in [0.15, 0.2) is 36.4 Å². The van der Waals surface area contributed by atoms with E-state index in [0.717, 1.165) is 42.4 Å². The molecule has 0 aliphatic carbocycles. The third kappa shape index (κ3) is 2.93. The highest BCUT2D eigenvalue weighted by atomic mass is 35.5. The van der Waals surface area contributed by atoms with E-state index in [4.69, 9.17) is 11.6 Å². The van der Waals surface area contributed by atoms with Crippen molar-refractivity contribution >= 4 is 17.3 Å². The molecule has 1 saturated heterocycles. The fourth-order valence-corrected chi connectivity index (χ4v) is 2.83. The van der Waals surface area contributed by atoms with Crippen LogP contribution in [0, 0.1) is 6.92 Å². The molecule has 3 rings (SSSR count). The van der Waals surface area contributed by atoms with Crippen molar-refractivity contribution in [3.63, 3.8) is 0 Å². The highest BCUT2D eigenvalue weighted by Gasteiger charge is 2.33. The lowest BCUT2D eigenvalue weighted by Crippen LogP contribution is -2.36. The third-order valence-corrected chi connectivity index (χ3v) is 4.22. The normalized spacial score (nSPS) is 14.9. The van der Waals surface area contributed by atoms with Gasteiger partial charge < -0.3 is 4.90 Å². The van der Waals surface area contributed by atoms with Gasteiger partial charge in [0.25, 0.3) is 0 Å². The second kappa shape index (κ2) is 5.51. The molecule has 0 spiro atoms. The minimum atomic E-state index is -4.45. The summed E-state index contributed by atoms with van der Waals surface area (Å²) in [4.78, 5) is 2.22. The molecular weight excluding hydrogens is 311 g/mol. The fraction of sp³-hybridized carbons (Fsp3) is 0.294. The minimum absolute atomic E-state index is 0.271. The summed E-state index contributed by atoms with van der Waals surface area (Å²) >= 11 is 5.68. The summed E-state index contributed by atoms with van der Waals surface area (Å²) in [6.07, 6.45) is -3.29. The van der Waals surface area contributed by atoms with Crippen molar-refractivity contribution in [2.45, 2.75) is 19.5 Å². The Morgan fingerprint density at radius 1 is 1.00 bits per heavy atom. The molecule has 0 aromatic heterocycles. The number of benzene rings is 2. The summed E-state index contributed by atoms with van der Waals surface area (Å²) in [5.74, 6) is 0. The third-order valence-electron chi connectivity index (χ3n) is 3.89. The molecule has 2 aromatic rings. The first kappa shape index (κ1) is 15.2. The van der Waals surface area contributed by atoms with Crippen molar-refractivity contribution in [1.82, 2.24) is 0 Å². The predicted molar refractivity (Wildman–Crippen MR) is 83.5 cm³/mol. The lowest BCUT2D eigenvalue weighted by molar-refractivity contribution is -0.137. The molecule has 0 N–H and O–H groups in total. The van der Waals surface area contributed by atoms with Crippen LogP contribution in [0.25, 0.3) is 11.1 Å². The molecule has 0 radical (unpaired) electrons. The minimum Gasteiger partial charge on any atom is -0.371 e. The van der Waals surface area contributed by atoms with Crippen LogP contribution in [-0.2, 0) is 6.18 Å². The Balaban J connectivity index is 2.05. The molecule has 5 heteroatoms. The molecule has 0 atom stereocenters. The largest absolute Gasteiger partial charge is 0.417 e. The average Bonchev–Trinajstić information content (AvgIpc) is 2.35. The molecule has 1 fully saturated rings. The van der Waals surface area contributed by atoms with Crippen LogP contribution in [0.1, 0.15) is 17.5 Å². The monoisotopic (exact) mass is 325 g/mol. The number of hydrogen-bond donors (Lipinski definition) is 0. The maximum absolute atomic E-state index is 13.0. The molecule has 0 amide bonds. The molecule has 0 saturated carbocycles. The number of aryl methyl sites for hydroxylation is 1. The van der Waals surface area contributed by atoms with Crippen LogP contribution >= 0.6 is 11.6 Å². The Kier molecular flexibility index (Phi) is 3.81. The summed E-state index contributed by atoms with van der Waals surface area (Å²) in [5, 5.41) is -0.271. The van der Waals surface area contributed by atoms with E-state index >= 15 is 0 Å². The Bertz CT molecular complexity index is 706. The maximum atomic E-state index is 13.0. The van der Waals surface area contributed by atoms with E-state index in [-0.39, 0.29) is 5.02 Å². The number of anilines is 1. The van der Waals surface area contributed by atoms with Crippen LogP contribution in [-0.4, -0.2) is 13.1 Å². The lowest BCUT2D eigenvalue weighted by Gasteiger charge is -2.33. The zero-order valence-corrected chi connectivity index (χ0v) is 12.8. The molecule has 22 heavy (non-hydrogen) atoms. The van der Waals surface area contributed by atoms with Crippen molar-refractivity contribution in [3.8, 4) is 11.1 Å². The van der Waals surface area contributed by atoms with Gasteiger partial charge in [-0.1, -0.05) is 23.7 Å². The van der Waals surface area contributed by atoms with Crippen LogP contribution < -0.4 is 4.90 Å². The van der Waals surface area contributed by atoms with Gasteiger partial charge in [0.15, 0.2) is 0 Å². The molecule has 116 valence electrons. The Hall–Kier alpha value is -1.68. The first-order valence-corrected chi connectivity index (χ1v) is 7.46. The lowest BCUT2D eigenvalue weighted by atomic mass is 9.99. The first-order chi connectivity index (χ1) is 10.3. The Morgan fingerprint density at radius 2 is 1.73 bits per heavy atom. The maximum Gasteiger partial charge on any atom is 0.417 e. The summed E-state index contributed by atoms with van der Waals surface area (Å²) < 4.78 is 39.0. The summed E-state index contributed by atoms with van der Waals surface area (Å²) in [6, 6.07) is 9.96. The van der Waals surface area contributed by atoms with Crippen molar-refractivity contribution in [3.05, 3.63) is 52.5 Å². The van der Waals surface area contributed by atoms with E-state index in [1.54, 1.807) is 6.07 Å². The summed E-state index contributed by atoms with van der Waals surface area (Å²) in [7, 11) is 0. The van der Waals surface area contributed by atoms with E-state index < -0.39 is 11.7 Å². The molecular formula is C17H15ClF3N. The van der Waals surface area contributed by atoms with Crippen LogP contribution in [0.4, 0.5) is 18.9 Å². The number of alkyl halides is 3. The van der Waals surface area contributed by atoms with Crippen LogP contribution in [0.3, 0.4) is 0 Å². The smallest absolute Gasteiger partial charge is 0.371 e. The molecule has 1 aliphatic rings. The first-order valence-electron chi connectivity index (χ1n) is 7.08. The SMILES string of the molecule is Cc1cc(-c2ccc(Cl)c(C(F)(F)F)c2)cc(N2CCC2)c1. The van der Waals surface area contributed by atoms with E-state index in [9.17, 15) is 13.2 Å². The Morgan fingerprint density at radius 3 is 2.32 bits per heavy atom. The van der Waals surface area contributed by atoms with Crippen molar-refractivity contribution in [1.29, 1.82) is 0 Å². The van der Waals surface area contributed by atoms with Gasteiger partial charge in [0.2, 0.25) is 0 Å². The van der Waals surface area contributed by atoms with Gasteiger partial charge in [-0.25, -0.2) is 0 Å². The number of nitrogens with zero attached hydrogens (tertiary/aromatic N) is 1.